The van der Waals surface area contributed by atoms with Gasteiger partial charge in [0.2, 0.25) is 0 Å². The average Bonchev–Trinajstić information content (AvgIpc) is 2.28. The monoisotopic (exact) mass is 292 g/mol. The Hall–Kier alpha value is -1.94. The number of hydrogen-bond donors (Lipinski definition) is 2. The number of hydrogen-bond acceptors (Lipinski definition) is 3. The summed E-state index contributed by atoms with van der Waals surface area (Å²) in [5, 5.41) is 19.5. The number of nitrogens with zero attached hydrogens (tertiary/aromatic N) is 1. The molecule has 19 heavy (non-hydrogen) atoms. The van der Waals surface area contributed by atoms with Crippen LogP contribution in [0.5, 0.6) is 0 Å². The summed E-state index contributed by atoms with van der Waals surface area (Å²) in [6.07, 6.45) is -4.85. The number of rotatable bonds is 4. The molecule has 0 aliphatic carbocycles. The number of carboxylic acid groups (broad SMARTS) is 1. The standard InChI is InChI=1S/C11H8ClF3N2O2/c12-8-3-6(4-16)1-2-9(8)17-5-7(10(18)19)11(13,14)15/h1-3,7,17H,5H2,(H,18,19). The molecule has 0 saturated carbocycles. The van der Waals surface area contributed by atoms with Crippen LogP contribution in [-0.2, 0) is 4.79 Å². The van der Waals surface area contributed by atoms with Crippen LogP contribution < -0.4 is 5.32 Å². The molecule has 1 unspecified atom stereocenters. The van der Waals surface area contributed by atoms with E-state index in [1.54, 1.807) is 0 Å². The third kappa shape index (κ3) is 4.03. The molecule has 4 nitrogen and oxygen atoms in total. The Morgan fingerprint density at radius 2 is 2.16 bits per heavy atom. The molecule has 0 heterocycles. The zero-order valence-corrected chi connectivity index (χ0v) is 10.1. The second-order valence-corrected chi connectivity index (χ2v) is 4.03. The number of aliphatic carboxylic acids is 1. The van der Waals surface area contributed by atoms with Gasteiger partial charge in [-0.3, -0.25) is 4.79 Å². The van der Waals surface area contributed by atoms with Crippen LogP contribution in [-0.4, -0.2) is 23.8 Å². The highest BCUT2D eigenvalue weighted by Crippen LogP contribution is 2.28. The molecular weight excluding hydrogens is 285 g/mol. The third-order valence-electron chi connectivity index (χ3n) is 2.29. The largest absolute Gasteiger partial charge is 0.481 e. The van der Waals surface area contributed by atoms with Crippen LogP contribution in [0.15, 0.2) is 18.2 Å². The zero-order chi connectivity index (χ0) is 14.6. The van der Waals surface area contributed by atoms with Gasteiger partial charge in [-0.25, -0.2) is 0 Å². The Bertz CT molecular complexity index is 526. The fourth-order valence-electron chi connectivity index (χ4n) is 1.28. The lowest BCUT2D eigenvalue weighted by atomic mass is 10.1. The van der Waals surface area contributed by atoms with Crippen molar-refractivity contribution in [1.29, 1.82) is 5.26 Å². The van der Waals surface area contributed by atoms with E-state index < -0.39 is 24.6 Å². The van der Waals surface area contributed by atoms with E-state index in [-0.39, 0.29) is 16.3 Å². The van der Waals surface area contributed by atoms with Gasteiger partial charge >= 0.3 is 12.1 Å². The number of benzene rings is 1. The Morgan fingerprint density at radius 3 is 2.58 bits per heavy atom. The quantitative estimate of drug-likeness (QED) is 0.895. The van der Waals surface area contributed by atoms with Crippen LogP contribution in [0.3, 0.4) is 0 Å². The van der Waals surface area contributed by atoms with Gasteiger partial charge in [0.1, 0.15) is 0 Å². The SMILES string of the molecule is N#Cc1ccc(NCC(C(=O)O)C(F)(F)F)c(Cl)c1. The number of nitrogens with one attached hydrogen (secondary N) is 1. The van der Waals surface area contributed by atoms with E-state index >= 15 is 0 Å². The highest BCUT2D eigenvalue weighted by Gasteiger charge is 2.44. The van der Waals surface area contributed by atoms with Crippen LogP contribution in [0.2, 0.25) is 5.02 Å². The zero-order valence-electron chi connectivity index (χ0n) is 9.33. The molecule has 0 bridgehead atoms. The van der Waals surface area contributed by atoms with Gasteiger partial charge in [0, 0.05) is 6.54 Å². The maximum atomic E-state index is 12.4. The van der Waals surface area contributed by atoms with Crippen LogP contribution in [0.1, 0.15) is 5.56 Å². The topological polar surface area (TPSA) is 73.1 Å². The fraction of sp³-hybridized carbons (Fsp3) is 0.273. The van der Waals surface area contributed by atoms with E-state index in [1.165, 1.54) is 18.2 Å². The van der Waals surface area contributed by atoms with E-state index in [0.717, 1.165) is 0 Å². The highest BCUT2D eigenvalue weighted by molar-refractivity contribution is 6.33. The minimum Gasteiger partial charge on any atom is -0.481 e. The summed E-state index contributed by atoms with van der Waals surface area (Å²) in [7, 11) is 0. The van der Waals surface area contributed by atoms with Crippen LogP contribution in [0.25, 0.3) is 0 Å². The number of nitriles is 1. The lowest BCUT2D eigenvalue weighted by Crippen LogP contribution is -2.36. The Labute approximate surface area is 111 Å². The predicted molar refractivity (Wildman–Crippen MR) is 61.8 cm³/mol. The minimum absolute atomic E-state index is 0.0466. The van der Waals surface area contributed by atoms with E-state index in [4.69, 9.17) is 22.0 Å². The second-order valence-electron chi connectivity index (χ2n) is 3.62. The van der Waals surface area contributed by atoms with Crippen LogP contribution in [0, 0.1) is 17.2 Å². The maximum absolute atomic E-state index is 12.4. The van der Waals surface area contributed by atoms with Crippen molar-refractivity contribution in [2.24, 2.45) is 5.92 Å². The molecule has 2 N–H and O–H groups in total. The average molecular weight is 293 g/mol. The fourth-order valence-corrected chi connectivity index (χ4v) is 1.53. The summed E-state index contributed by atoms with van der Waals surface area (Å²) >= 11 is 5.74. The van der Waals surface area contributed by atoms with Gasteiger partial charge in [-0.2, -0.15) is 18.4 Å². The minimum atomic E-state index is -4.85. The van der Waals surface area contributed by atoms with Crippen molar-refractivity contribution in [3.8, 4) is 6.07 Å². The third-order valence-corrected chi connectivity index (χ3v) is 2.60. The van der Waals surface area contributed by atoms with Crippen LogP contribution in [0.4, 0.5) is 18.9 Å². The molecule has 102 valence electrons. The van der Waals surface area contributed by atoms with E-state index in [0.29, 0.717) is 0 Å². The van der Waals surface area contributed by atoms with E-state index in [9.17, 15) is 18.0 Å². The van der Waals surface area contributed by atoms with Crippen molar-refractivity contribution in [1.82, 2.24) is 0 Å². The van der Waals surface area contributed by atoms with Gasteiger partial charge < -0.3 is 10.4 Å². The first-order chi connectivity index (χ1) is 8.75. The molecule has 0 amide bonds. The molecule has 0 spiro atoms. The summed E-state index contributed by atoms with van der Waals surface area (Å²) in [4.78, 5) is 10.5. The van der Waals surface area contributed by atoms with Gasteiger partial charge in [-0.1, -0.05) is 11.6 Å². The molecule has 1 aromatic carbocycles. The summed E-state index contributed by atoms with van der Waals surface area (Å²) in [5.74, 6) is -4.50. The predicted octanol–water partition coefficient (Wildman–Crippen LogP) is 2.89. The van der Waals surface area contributed by atoms with Crippen molar-refractivity contribution in [3.63, 3.8) is 0 Å². The molecule has 0 aliphatic heterocycles. The number of halogens is 4. The van der Waals surface area contributed by atoms with E-state index in [2.05, 4.69) is 5.32 Å². The number of anilines is 1. The summed E-state index contributed by atoms with van der Waals surface area (Å²) < 4.78 is 37.2. The summed E-state index contributed by atoms with van der Waals surface area (Å²) in [6, 6.07) is 5.76. The molecular formula is C11H8ClF3N2O2. The van der Waals surface area contributed by atoms with Gasteiger partial charge in [-0.05, 0) is 18.2 Å². The van der Waals surface area contributed by atoms with Gasteiger partial charge in [0.05, 0.1) is 22.3 Å². The maximum Gasteiger partial charge on any atom is 0.403 e. The van der Waals surface area contributed by atoms with E-state index in [1.807, 2.05) is 6.07 Å². The van der Waals surface area contributed by atoms with Crippen molar-refractivity contribution in [3.05, 3.63) is 28.8 Å². The first-order valence-corrected chi connectivity index (χ1v) is 5.36. The van der Waals surface area contributed by atoms with Gasteiger partial charge in [0.15, 0.2) is 5.92 Å². The molecule has 0 radical (unpaired) electrons. The molecule has 8 heteroatoms. The Kier molecular flexibility index (Phi) is 4.62. The number of carbonyl (C=O) groups is 1. The molecule has 0 fully saturated rings. The first kappa shape index (κ1) is 15.1. The molecule has 0 aromatic heterocycles. The molecule has 0 saturated heterocycles. The summed E-state index contributed by atoms with van der Waals surface area (Å²) in [5.41, 5.74) is 0.386. The van der Waals surface area contributed by atoms with Crippen LogP contribution >= 0.6 is 11.6 Å². The lowest BCUT2D eigenvalue weighted by Gasteiger charge is -2.17. The number of carboxylic acids is 1. The highest BCUT2D eigenvalue weighted by atomic mass is 35.5. The lowest BCUT2D eigenvalue weighted by molar-refractivity contribution is -0.190. The van der Waals surface area contributed by atoms with Gasteiger partial charge in [-0.15, -0.1) is 0 Å². The summed E-state index contributed by atoms with van der Waals surface area (Å²) in [6.45, 7) is -0.843. The van der Waals surface area contributed by atoms with Gasteiger partial charge in [0.25, 0.3) is 0 Å². The normalized spacial score (nSPS) is 12.6. The second kappa shape index (κ2) is 5.80. The number of alkyl halides is 3. The Morgan fingerprint density at radius 1 is 1.53 bits per heavy atom. The Balaban J connectivity index is 2.81. The molecule has 0 aliphatic rings. The molecule has 1 aromatic rings. The van der Waals surface area contributed by atoms with Crippen molar-refractivity contribution in [2.45, 2.75) is 6.18 Å². The molecule has 1 atom stereocenters. The first-order valence-electron chi connectivity index (χ1n) is 4.98. The van der Waals surface area contributed by atoms with Crippen molar-refractivity contribution in [2.75, 3.05) is 11.9 Å². The van der Waals surface area contributed by atoms with Crippen molar-refractivity contribution >= 4 is 23.3 Å². The van der Waals surface area contributed by atoms with Crippen molar-refractivity contribution < 1.29 is 23.1 Å². The smallest absolute Gasteiger partial charge is 0.403 e. The molecule has 1 rings (SSSR count).